The van der Waals surface area contributed by atoms with Gasteiger partial charge in [-0.25, -0.2) is 27.7 Å². The van der Waals surface area contributed by atoms with Gasteiger partial charge < -0.3 is 5.32 Å². The molecule has 5 rings (SSSR count). The fourth-order valence-corrected chi connectivity index (χ4v) is 3.78. The Balaban J connectivity index is 1.62. The first-order chi connectivity index (χ1) is 16.4. The van der Waals surface area contributed by atoms with Gasteiger partial charge in [0.1, 0.15) is 34.2 Å². The average Bonchev–Trinajstić information content (AvgIpc) is 3.20. The van der Waals surface area contributed by atoms with Gasteiger partial charge in [-0.2, -0.15) is 5.10 Å². The SMILES string of the molecule is O=C(Nc1cccc(-c2nn3cccc(F)c3c2-c2ccnc(Cl)n2)c1)c1c(F)cccc1F. The first-order valence-electron chi connectivity index (χ1n) is 9.94. The van der Waals surface area contributed by atoms with Crippen LogP contribution >= 0.6 is 11.6 Å². The van der Waals surface area contributed by atoms with E-state index < -0.39 is 28.9 Å². The summed E-state index contributed by atoms with van der Waals surface area (Å²) in [6, 6.07) is 14.0. The number of benzene rings is 2. The Kier molecular flexibility index (Phi) is 5.46. The third-order valence-corrected chi connectivity index (χ3v) is 5.25. The number of hydrogen-bond donors (Lipinski definition) is 1. The molecular formula is C24H13ClF3N5O. The third kappa shape index (κ3) is 3.86. The highest BCUT2D eigenvalue weighted by Gasteiger charge is 2.22. The number of carbonyl (C=O) groups is 1. The number of nitrogens with zero attached hydrogens (tertiary/aromatic N) is 4. The lowest BCUT2D eigenvalue weighted by Crippen LogP contribution is -2.15. The molecule has 6 nitrogen and oxygen atoms in total. The Morgan fingerprint density at radius 3 is 2.44 bits per heavy atom. The van der Waals surface area contributed by atoms with Gasteiger partial charge in [0, 0.05) is 23.6 Å². The highest BCUT2D eigenvalue weighted by molar-refractivity contribution is 6.28. The van der Waals surface area contributed by atoms with E-state index in [1.54, 1.807) is 36.5 Å². The summed E-state index contributed by atoms with van der Waals surface area (Å²) in [5.74, 6) is -3.43. The Bertz CT molecular complexity index is 1550. The quantitative estimate of drug-likeness (QED) is 0.332. The first kappa shape index (κ1) is 21.6. The minimum atomic E-state index is -0.979. The molecule has 0 fully saturated rings. The molecular weight excluding hydrogens is 467 g/mol. The van der Waals surface area contributed by atoms with Crippen molar-refractivity contribution in [3.63, 3.8) is 0 Å². The van der Waals surface area contributed by atoms with Crippen LogP contribution in [-0.4, -0.2) is 25.5 Å². The zero-order chi connectivity index (χ0) is 23.8. The predicted molar refractivity (Wildman–Crippen MR) is 121 cm³/mol. The van der Waals surface area contributed by atoms with Gasteiger partial charge >= 0.3 is 0 Å². The van der Waals surface area contributed by atoms with Crippen LogP contribution in [0.3, 0.4) is 0 Å². The summed E-state index contributed by atoms with van der Waals surface area (Å²) in [5.41, 5.74) is 1.31. The minimum absolute atomic E-state index is 0.0212. The number of hydrogen-bond acceptors (Lipinski definition) is 4. The van der Waals surface area contributed by atoms with Crippen molar-refractivity contribution in [1.82, 2.24) is 19.6 Å². The maximum atomic E-state index is 14.8. The van der Waals surface area contributed by atoms with Crippen molar-refractivity contribution in [1.29, 1.82) is 0 Å². The molecule has 0 aliphatic carbocycles. The van der Waals surface area contributed by atoms with E-state index in [9.17, 15) is 18.0 Å². The monoisotopic (exact) mass is 479 g/mol. The van der Waals surface area contributed by atoms with Crippen LogP contribution < -0.4 is 5.32 Å². The topological polar surface area (TPSA) is 72.2 Å². The standard InChI is InChI=1S/C24H13ClF3N5O/c25-24-29-10-9-18(31-24)20-21(32-33-11-3-8-17(28)22(20)33)13-4-1-5-14(12-13)30-23(34)19-15(26)6-2-7-16(19)27/h1-12H,(H,30,34). The number of aromatic nitrogens is 4. The molecule has 3 aromatic heterocycles. The van der Waals surface area contributed by atoms with Gasteiger partial charge in [-0.05, 0) is 54.1 Å². The van der Waals surface area contributed by atoms with Crippen LogP contribution in [0.4, 0.5) is 18.9 Å². The average molecular weight is 480 g/mol. The zero-order valence-electron chi connectivity index (χ0n) is 17.1. The number of fused-ring (bicyclic) bond motifs is 1. The van der Waals surface area contributed by atoms with Gasteiger partial charge in [-0.3, -0.25) is 4.79 Å². The maximum absolute atomic E-state index is 14.8. The second kappa shape index (κ2) is 8.60. The van der Waals surface area contributed by atoms with Gasteiger partial charge in [0.05, 0.1) is 11.3 Å². The van der Waals surface area contributed by atoms with E-state index in [1.165, 1.54) is 28.9 Å². The highest BCUT2D eigenvalue weighted by atomic mass is 35.5. The van der Waals surface area contributed by atoms with Crippen molar-refractivity contribution < 1.29 is 18.0 Å². The molecule has 0 aliphatic rings. The second-order valence-corrected chi connectivity index (χ2v) is 7.55. The van der Waals surface area contributed by atoms with Crippen LogP contribution in [0, 0.1) is 17.5 Å². The van der Waals surface area contributed by atoms with E-state index in [1.807, 2.05) is 0 Å². The van der Waals surface area contributed by atoms with Crippen molar-refractivity contribution in [3.05, 3.63) is 101 Å². The molecule has 5 aromatic rings. The number of carbonyl (C=O) groups excluding carboxylic acids is 1. The van der Waals surface area contributed by atoms with Crippen molar-refractivity contribution >= 4 is 28.7 Å². The minimum Gasteiger partial charge on any atom is -0.322 e. The molecule has 0 unspecified atom stereocenters. The smallest absolute Gasteiger partial charge is 0.261 e. The molecule has 0 radical (unpaired) electrons. The molecule has 2 aromatic carbocycles. The number of anilines is 1. The molecule has 0 bridgehead atoms. The lowest BCUT2D eigenvalue weighted by Gasteiger charge is -2.09. The van der Waals surface area contributed by atoms with Crippen molar-refractivity contribution in [2.75, 3.05) is 5.32 Å². The van der Waals surface area contributed by atoms with Gasteiger partial charge in [0.25, 0.3) is 5.91 Å². The molecule has 1 amide bonds. The van der Waals surface area contributed by atoms with Crippen molar-refractivity contribution in [2.45, 2.75) is 0 Å². The molecule has 0 saturated carbocycles. The Morgan fingerprint density at radius 1 is 0.941 bits per heavy atom. The zero-order valence-corrected chi connectivity index (χ0v) is 17.9. The van der Waals surface area contributed by atoms with Gasteiger partial charge in [-0.15, -0.1) is 0 Å². The molecule has 0 aliphatic heterocycles. The summed E-state index contributed by atoms with van der Waals surface area (Å²) in [6.45, 7) is 0. The summed E-state index contributed by atoms with van der Waals surface area (Å²) >= 11 is 5.97. The Hall–Kier alpha value is -4.24. The van der Waals surface area contributed by atoms with Crippen molar-refractivity contribution in [3.8, 4) is 22.5 Å². The van der Waals surface area contributed by atoms with Crippen LogP contribution in [-0.2, 0) is 0 Å². The number of amides is 1. The van der Waals surface area contributed by atoms with Crippen LogP contribution in [0.25, 0.3) is 28.0 Å². The number of nitrogens with one attached hydrogen (secondary N) is 1. The Labute approximate surface area is 195 Å². The van der Waals surface area contributed by atoms with Crippen LogP contribution in [0.1, 0.15) is 10.4 Å². The molecule has 10 heteroatoms. The molecule has 1 N–H and O–H groups in total. The van der Waals surface area contributed by atoms with Crippen LogP contribution in [0.2, 0.25) is 5.28 Å². The van der Waals surface area contributed by atoms with E-state index in [0.717, 1.165) is 12.1 Å². The Morgan fingerprint density at radius 2 is 1.68 bits per heavy atom. The van der Waals surface area contributed by atoms with E-state index >= 15 is 0 Å². The highest BCUT2D eigenvalue weighted by Crippen LogP contribution is 2.36. The largest absolute Gasteiger partial charge is 0.322 e. The lowest BCUT2D eigenvalue weighted by molar-refractivity contribution is 0.101. The summed E-state index contributed by atoms with van der Waals surface area (Å²) in [5, 5.41) is 6.96. The summed E-state index contributed by atoms with van der Waals surface area (Å²) in [7, 11) is 0. The van der Waals surface area contributed by atoms with E-state index in [-0.39, 0.29) is 16.5 Å². The molecule has 0 saturated heterocycles. The van der Waals surface area contributed by atoms with Crippen LogP contribution in [0.15, 0.2) is 73.1 Å². The van der Waals surface area contributed by atoms with E-state index in [4.69, 9.17) is 11.6 Å². The molecule has 168 valence electrons. The lowest BCUT2D eigenvalue weighted by atomic mass is 10.0. The normalized spacial score (nSPS) is 11.1. The molecule has 3 heterocycles. The molecule has 34 heavy (non-hydrogen) atoms. The summed E-state index contributed by atoms with van der Waals surface area (Å²) in [4.78, 5) is 20.6. The fraction of sp³-hybridized carbons (Fsp3) is 0. The predicted octanol–water partition coefficient (Wildman–Crippen LogP) is 5.78. The van der Waals surface area contributed by atoms with Gasteiger partial charge in [-0.1, -0.05) is 18.2 Å². The van der Waals surface area contributed by atoms with Crippen molar-refractivity contribution in [2.24, 2.45) is 0 Å². The van der Waals surface area contributed by atoms with E-state index in [0.29, 0.717) is 22.5 Å². The van der Waals surface area contributed by atoms with Gasteiger partial charge in [0.15, 0.2) is 0 Å². The third-order valence-electron chi connectivity index (χ3n) is 5.07. The van der Waals surface area contributed by atoms with Gasteiger partial charge in [0.2, 0.25) is 5.28 Å². The maximum Gasteiger partial charge on any atom is 0.261 e. The van der Waals surface area contributed by atoms with E-state index in [2.05, 4.69) is 20.4 Å². The number of halogens is 4. The summed E-state index contributed by atoms with van der Waals surface area (Å²) < 4.78 is 44.2. The first-order valence-corrected chi connectivity index (χ1v) is 10.3. The van der Waals surface area contributed by atoms with Crippen LogP contribution in [0.5, 0.6) is 0 Å². The molecule has 0 atom stereocenters. The second-order valence-electron chi connectivity index (χ2n) is 7.22. The molecule has 0 spiro atoms. The number of pyridine rings is 1. The number of rotatable bonds is 4. The summed E-state index contributed by atoms with van der Waals surface area (Å²) in [6.07, 6.45) is 3.03. The fourth-order valence-electron chi connectivity index (χ4n) is 3.63.